The van der Waals surface area contributed by atoms with Gasteiger partial charge >= 0.3 is 0 Å². The Morgan fingerprint density at radius 1 is 1.00 bits per heavy atom. The molecule has 1 amide bonds. The van der Waals surface area contributed by atoms with Gasteiger partial charge in [0.05, 0.1) is 37.5 Å². The molecule has 0 aliphatic rings. The van der Waals surface area contributed by atoms with Gasteiger partial charge in [-0.25, -0.2) is 0 Å². The second kappa shape index (κ2) is 10.1. The first-order chi connectivity index (χ1) is 17.4. The van der Waals surface area contributed by atoms with Crippen molar-refractivity contribution in [1.29, 1.82) is 0 Å². The maximum atomic E-state index is 13.0. The summed E-state index contributed by atoms with van der Waals surface area (Å²) < 4.78 is 21.6. The highest BCUT2D eigenvalue weighted by atomic mass is 16.6. The zero-order valence-electron chi connectivity index (χ0n) is 19.9. The number of rotatable bonds is 8. The van der Waals surface area contributed by atoms with E-state index in [0.29, 0.717) is 34.1 Å². The summed E-state index contributed by atoms with van der Waals surface area (Å²) in [5, 5.41) is 18.1. The van der Waals surface area contributed by atoms with E-state index in [1.165, 1.54) is 46.5 Å². The summed E-state index contributed by atoms with van der Waals surface area (Å²) in [4.78, 5) is 28.2. The van der Waals surface area contributed by atoms with E-state index in [2.05, 4.69) is 15.5 Å². The molecule has 1 aromatic heterocycles. The summed E-state index contributed by atoms with van der Waals surface area (Å²) in [6.07, 6.45) is 0. The van der Waals surface area contributed by atoms with Gasteiger partial charge in [-0.1, -0.05) is 23.4 Å². The van der Waals surface area contributed by atoms with Crippen LogP contribution in [-0.2, 0) is 0 Å². The Balaban J connectivity index is 1.68. The van der Waals surface area contributed by atoms with Gasteiger partial charge < -0.3 is 24.1 Å². The van der Waals surface area contributed by atoms with Gasteiger partial charge in [-0.15, -0.1) is 0 Å². The molecule has 1 heterocycles. The highest BCUT2D eigenvalue weighted by Gasteiger charge is 2.21. The Kier molecular flexibility index (Phi) is 6.81. The second-order valence-corrected chi connectivity index (χ2v) is 7.54. The summed E-state index contributed by atoms with van der Waals surface area (Å²) in [6, 6.07) is 14.6. The number of aromatic nitrogens is 2. The summed E-state index contributed by atoms with van der Waals surface area (Å²) in [5.41, 5.74) is 1.74. The number of benzene rings is 3. The minimum absolute atomic E-state index is 0.136. The van der Waals surface area contributed by atoms with E-state index in [9.17, 15) is 14.9 Å². The van der Waals surface area contributed by atoms with Crippen molar-refractivity contribution in [3.05, 3.63) is 75.8 Å². The van der Waals surface area contributed by atoms with E-state index in [1.807, 2.05) is 0 Å². The molecule has 0 aliphatic carbocycles. The van der Waals surface area contributed by atoms with Crippen LogP contribution in [0.1, 0.15) is 15.9 Å². The summed E-state index contributed by atoms with van der Waals surface area (Å²) in [7, 11) is 4.52. The molecule has 0 spiro atoms. The number of nitro benzene ring substituents is 1. The molecular weight excluding hydrogens is 468 g/mol. The van der Waals surface area contributed by atoms with E-state index in [-0.39, 0.29) is 28.5 Å². The number of hydrogen-bond acceptors (Lipinski definition) is 9. The number of carbonyl (C=O) groups is 1. The third kappa shape index (κ3) is 4.53. The van der Waals surface area contributed by atoms with Crippen LogP contribution in [0.2, 0.25) is 0 Å². The molecule has 0 saturated carbocycles. The van der Waals surface area contributed by atoms with Crippen LogP contribution in [0.5, 0.6) is 17.2 Å². The number of para-hydroxylation sites is 1. The molecule has 3 aromatic carbocycles. The third-order valence-corrected chi connectivity index (χ3v) is 5.50. The van der Waals surface area contributed by atoms with Crippen LogP contribution in [-0.4, -0.2) is 42.3 Å². The summed E-state index contributed by atoms with van der Waals surface area (Å²) in [6.45, 7) is 1.53. The SMILES string of the molecule is COc1cc(-c2noc(-c3ccccc3NC(=O)c3cccc([N+](=O)[O-])c3C)n2)cc(OC)c1OC. The highest BCUT2D eigenvalue weighted by molar-refractivity contribution is 6.07. The van der Waals surface area contributed by atoms with Gasteiger partial charge in [0.25, 0.3) is 17.5 Å². The molecule has 11 nitrogen and oxygen atoms in total. The van der Waals surface area contributed by atoms with E-state index >= 15 is 0 Å². The predicted molar refractivity (Wildman–Crippen MR) is 131 cm³/mol. The van der Waals surface area contributed by atoms with Crippen molar-refractivity contribution in [2.45, 2.75) is 6.92 Å². The first-order valence-electron chi connectivity index (χ1n) is 10.7. The van der Waals surface area contributed by atoms with Gasteiger partial charge in [-0.3, -0.25) is 14.9 Å². The molecule has 0 aliphatic heterocycles. The number of nitro groups is 1. The quantitative estimate of drug-likeness (QED) is 0.270. The summed E-state index contributed by atoms with van der Waals surface area (Å²) in [5.74, 6) is 1.20. The fraction of sp³-hybridized carbons (Fsp3) is 0.160. The van der Waals surface area contributed by atoms with Crippen LogP contribution in [0.3, 0.4) is 0 Å². The minimum atomic E-state index is -0.525. The van der Waals surface area contributed by atoms with Crippen molar-refractivity contribution >= 4 is 17.3 Å². The van der Waals surface area contributed by atoms with Crippen LogP contribution < -0.4 is 19.5 Å². The van der Waals surface area contributed by atoms with Gasteiger partial charge in [0, 0.05) is 22.8 Å². The fourth-order valence-electron chi connectivity index (χ4n) is 3.70. The maximum absolute atomic E-state index is 13.0. The molecule has 0 unspecified atom stereocenters. The molecule has 0 atom stereocenters. The number of ether oxygens (including phenoxy) is 3. The Morgan fingerprint density at radius 3 is 2.33 bits per heavy atom. The maximum Gasteiger partial charge on any atom is 0.273 e. The van der Waals surface area contributed by atoms with E-state index in [1.54, 1.807) is 36.4 Å². The molecule has 4 rings (SSSR count). The lowest BCUT2D eigenvalue weighted by molar-refractivity contribution is -0.385. The monoisotopic (exact) mass is 490 g/mol. The zero-order chi connectivity index (χ0) is 25.8. The number of anilines is 1. The lowest BCUT2D eigenvalue weighted by atomic mass is 10.1. The third-order valence-electron chi connectivity index (χ3n) is 5.50. The number of nitrogens with zero attached hydrogens (tertiary/aromatic N) is 3. The van der Waals surface area contributed by atoms with Gasteiger partial charge in [0.1, 0.15) is 0 Å². The van der Waals surface area contributed by atoms with Crippen LogP contribution in [0.15, 0.2) is 59.1 Å². The van der Waals surface area contributed by atoms with Crippen molar-refractivity contribution in [1.82, 2.24) is 10.1 Å². The molecule has 4 aromatic rings. The van der Waals surface area contributed by atoms with Gasteiger partial charge in [-0.05, 0) is 37.3 Å². The van der Waals surface area contributed by atoms with Crippen LogP contribution in [0.4, 0.5) is 11.4 Å². The molecule has 0 saturated heterocycles. The fourth-order valence-corrected chi connectivity index (χ4v) is 3.70. The minimum Gasteiger partial charge on any atom is -0.493 e. The largest absolute Gasteiger partial charge is 0.493 e. The van der Waals surface area contributed by atoms with Crippen molar-refractivity contribution in [3.63, 3.8) is 0 Å². The van der Waals surface area contributed by atoms with E-state index < -0.39 is 10.8 Å². The normalized spacial score (nSPS) is 10.6. The number of amides is 1. The molecule has 184 valence electrons. The molecule has 0 radical (unpaired) electrons. The number of methoxy groups -OCH3 is 3. The molecule has 0 fully saturated rings. The smallest absolute Gasteiger partial charge is 0.273 e. The topological polar surface area (TPSA) is 139 Å². The number of carbonyl (C=O) groups excluding carboxylic acids is 1. The van der Waals surface area contributed by atoms with Crippen LogP contribution in [0.25, 0.3) is 22.8 Å². The first-order valence-corrected chi connectivity index (χ1v) is 10.7. The van der Waals surface area contributed by atoms with Crippen molar-refractivity contribution in [2.75, 3.05) is 26.6 Å². The highest BCUT2D eigenvalue weighted by Crippen LogP contribution is 2.41. The Morgan fingerprint density at radius 2 is 1.69 bits per heavy atom. The van der Waals surface area contributed by atoms with Crippen molar-refractivity contribution in [3.8, 4) is 40.1 Å². The van der Waals surface area contributed by atoms with E-state index in [0.717, 1.165) is 0 Å². The molecule has 11 heteroatoms. The Labute approximate surface area is 205 Å². The lowest BCUT2D eigenvalue weighted by Gasteiger charge is -2.12. The van der Waals surface area contributed by atoms with Crippen molar-refractivity contribution in [2.24, 2.45) is 0 Å². The van der Waals surface area contributed by atoms with Crippen LogP contribution >= 0.6 is 0 Å². The van der Waals surface area contributed by atoms with Crippen LogP contribution in [0, 0.1) is 17.0 Å². The van der Waals surface area contributed by atoms with Gasteiger partial charge in [0.2, 0.25) is 11.6 Å². The Hall–Kier alpha value is -4.93. The molecule has 0 bridgehead atoms. The summed E-state index contributed by atoms with van der Waals surface area (Å²) >= 11 is 0. The van der Waals surface area contributed by atoms with Crippen molar-refractivity contribution < 1.29 is 28.5 Å². The van der Waals surface area contributed by atoms with Gasteiger partial charge in [0.15, 0.2) is 11.5 Å². The molecular formula is C25H22N4O7. The predicted octanol–water partition coefficient (Wildman–Crippen LogP) is 4.90. The standard InChI is InChI=1S/C25H22N4O7/c1-14-16(9-7-11-19(14)29(31)32)24(30)26-18-10-6-5-8-17(18)25-27-23(28-36-25)15-12-20(33-2)22(35-4)21(13-15)34-3/h5-13H,1-4H3,(H,26,30). The van der Waals surface area contributed by atoms with Gasteiger partial charge in [-0.2, -0.15) is 4.98 Å². The average Bonchev–Trinajstić information content (AvgIpc) is 3.38. The Bertz CT molecular complexity index is 1420. The lowest BCUT2D eigenvalue weighted by Crippen LogP contribution is -2.14. The zero-order valence-corrected chi connectivity index (χ0v) is 19.9. The number of nitrogens with one attached hydrogen (secondary N) is 1. The average molecular weight is 490 g/mol. The second-order valence-electron chi connectivity index (χ2n) is 7.54. The molecule has 36 heavy (non-hydrogen) atoms. The van der Waals surface area contributed by atoms with E-state index in [4.69, 9.17) is 18.7 Å². The molecule has 1 N–H and O–H groups in total. The first kappa shape index (κ1) is 24.2. The number of hydrogen-bond donors (Lipinski definition) is 1.